The number of carbonyl (C=O) groups is 1. The van der Waals surface area contributed by atoms with Crippen molar-refractivity contribution < 1.29 is 9.53 Å². The molecule has 0 bridgehead atoms. The average Bonchev–Trinajstić information content (AvgIpc) is 2.38. The van der Waals surface area contributed by atoms with Gasteiger partial charge in [0.2, 0.25) is 0 Å². The number of hydrogen-bond acceptors (Lipinski definition) is 3. The van der Waals surface area contributed by atoms with Crippen molar-refractivity contribution in [3.63, 3.8) is 0 Å². The van der Waals surface area contributed by atoms with Gasteiger partial charge in [-0.25, -0.2) is 0 Å². The number of benzene rings is 1. The second kappa shape index (κ2) is 3.83. The summed E-state index contributed by atoms with van der Waals surface area (Å²) >= 11 is 1.70. The summed E-state index contributed by atoms with van der Waals surface area (Å²) in [6, 6.07) is 7.96. The Hall–Kier alpha value is -1.48. The third-order valence-corrected chi connectivity index (χ3v) is 3.89. The van der Waals surface area contributed by atoms with Crippen molar-refractivity contribution in [2.45, 2.75) is 0 Å². The first-order valence-electron chi connectivity index (χ1n) is 5.12. The van der Waals surface area contributed by atoms with Crippen LogP contribution in [0.15, 0.2) is 40.8 Å². The standard InChI is InChI=1S/C13H10O2S/c14-6-9-5-11-10-3-1-2-4-12(10)15-7-13(11)16-8-9/h1-6H,7-8H2. The van der Waals surface area contributed by atoms with Crippen molar-refractivity contribution in [3.8, 4) is 5.75 Å². The highest BCUT2D eigenvalue weighted by Crippen LogP contribution is 2.41. The molecule has 1 aromatic rings. The summed E-state index contributed by atoms with van der Waals surface area (Å²) in [5.41, 5.74) is 3.09. The molecule has 0 radical (unpaired) electrons. The SMILES string of the molecule is O=CC1=CC2=C(COc3ccccc32)SC1. The number of allylic oxidation sites excluding steroid dienone is 2. The Labute approximate surface area is 98.0 Å². The first-order chi connectivity index (χ1) is 7.88. The third kappa shape index (κ3) is 1.48. The van der Waals surface area contributed by atoms with E-state index >= 15 is 0 Å². The molecule has 0 aliphatic carbocycles. The van der Waals surface area contributed by atoms with E-state index in [9.17, 15) is 4.79 Å². The van der Waals surface area contributed by atoms with E-state index in [0.29, 0.717) is 6.61 Å². The van der Waals surface area contributed by atoms with Crippen LogP contribution in [0.2, 0.25) is 0 Å². The minimum absolute atomic E-state index is 0.625. The highest BCUT2D eigenvalue weighted by atomic mass is 32.2. The van der Waals surface area contributed by atoms with Gasteiger partial charge in [0.25, 0.3) is 0 Å². The molecule has 0 amide bonds. The number of ether oxygens (including phenoxy) is 1. The van der Waals surface area contributed by atoms with Gasteiger partial charge in [-0.15, -0.1) is 11.8 Å². The van der Waals surface area contributed by atoms with Gasteiger partial charge in [0.05, 0.1) is 0 Å². The molecule has 2 aliphatic heterocycles. The zero-order valence-electron chi connectivity index (χ0n) is 8.60. The molecule has 0 spiro atoms. The molecule has 0 saturated heterocycles. The van der Waals surface area contributed by atoms with E-state index in [1.54, 1.807) is 11.8 Å². The predicted octanol–water partition coefficient (Wildman–Crippen LogP) is 2.66. The lowest BCUT2D eigenvalue weighted by molar-refractivity contribution is -0.104. The summed E-state index contributed by atoms with van der Waals surface area (Å²) in [6.45, 7) is 0.625. The van der Waals surface area contributed by atoms with Crippen LogP contribution in [0.25, 0.3) is 5.57 Å². The molecule has 0 aromatic heterocycles. The Morgan fingerprint density at radius 3 is 3.06 bits per heavy atom. The monoisotopic (exact) mass is 230 g/mol. The van der Waals surface area contributed by atoms with Crippen LogP contribution in [-0.4, -0.2) is 18.6 Å². The number of thioether (sulfide) groups is 1. The molecule has 1 aromatic carbocycles. The highest BCUT2D eigenvalue weighted by Gasteiger charge is 2.22. The second-order valence-corrected chi connectivity index (χ2v) is 4.82. The lowest BCUT2D eigenvalue weighted by Crippen LogP contribution is -2.12. The van der Waals surface area contributed by atoms with Crippen LogP contribution in [0.4, 0.5) is 0 Å². The van der Waals surface area contributed by atoms with Crippen LogP contribution in [0, 0.1) is 0 Å². The number of para-hydroxylation sites is 1. The quantitative estimate of drug-likeness (QED) is 0.694. The molecular formula is C13H10O2S. The van der Waals surface area contributed by atoms with Gasteiger partial charge in [0.15, 0.2) is 0 Å². The maximum atomic E-state index is 10.8. The molecule has 0 unspecified atom stereocenters. The zero-order chi connectivity index (χ0) is 11.0. The van der Waals surface area contributed by atoms with Crippen molar-refractivity contribution in [1.29, 1.82) is 0 Å². The number of carbonyl (C=O) groups excluding carboxylic acids is 1. The van der Waals surface area contributed by atoms with Gasteiger partial charge in [-0.2, -0.15) is 0 Å². The first kappa shape index (κ1) is 9.73. The fourth-order valence-corrected chi connectivity index (χ4v) is 2.89. The summed E-state index contributed by atoms with van der Waals surface area (Å²) in [4.78, 5) is 12.0. The molecule has 3 heteroatoms. The van der Waals surface area contributed by atoms with Gasteiger partial charge in [0.1, 0.15) is 18.6 Å². The van der Waals surface area contributed by atoms with Gasteiger partial charge in [-0.1, -0.05) is 18.2 Å². The molecule has 3 rings (SSSR count). The summed E-state index contributed by atoms with van der Waals surface area (Å²) in [5, 5.41) is 0. The molecule has 2 heterocycles. The molecule has 80 valence electrons. The number of aldehydes is 1. The highest BCUT2D eigenvalue weighted by molar-refractivity contribution is 8.03. The Kier molecular flexibility index (Phi) is 2.33. The molecular weight excluding hydrogens is 220 g/mol. The summed E-state index contributed by atoms with van der Waals surface area (Å²) in [7, 11) is 0. The van der Waals surface area contributed by atoms with E-state index in [2.05, 4.69) is 0 Å². The van der Waals surface area contributed by atoms with Crippen LogP contribution < -0.4 is 4.74 Å². The van der Waals surface area contributed by atoms with E-state index in [0.717, 1.165) is 34.5 Å². The minimum atomic E-state index is 0.625. The Balaban J connectivity index is 2.15. The topological polar surface area (TPSA) is 26.3 Å². The van der Waals surface area contributed by atoms with Crippen molar-refractivity contribution in [2.75, 3.05) is 12.4 Å². The summed E-state index contributed by atoms with van der Waals surface area (Å²) in [5.74, 6) is 1.67. The molecule has 2 aliphatic rings. The van der Waals surface area contributed by atoms with Crippen molar-refractivity contribution in [2.24, 2.45) is 0 Å². The Bertz CT molecular complexity index is 514. The lowest BCUT2D eigenvalue weighted by atomic mass is 10.00. The minimum Gasteiger partial charge on any atom is -0.488 e. The van der Waals surface area contributed by atoms with Crippen LogP contribution in [0.5, 0.6) is 5.75 Å². The number of hydrogen-bond donors (Lipinski definition) is 0. The maximum Gasteiger partial charge on any atom is 0.146 e. The summed E-state index contributed by atoms with van der Waals surface area (Å²) < 4.78 is 5.67. The molecule has 0 atom stereocenters. The number of fused-ring (bicyclic) bond motifs is 2. The summed E-state index contributed by atoms with van der Waals surface area (Å²) in [6.07, 6.45) is 2.93. The van der Waals surface area contributed by atoms with E-state index in [1.807, 2.05) is 30.3 Å². The Morgan fingerprint density at radius 2 is 2.19 bits per heavy atom. The molecule has 0 fully saturated rings. The van der Waals surface area contributed by atoms with Crippen molar-refractivity contribution in [1.82, 2.24) is 0 Å². The maximum absolute atomic E-state index is 10.8. The van der Waals surface area contributed by atoms with Crippen molar-refractivity contribution in [3.05, 3.63) is 46.4 Å². The van der Waals surface area contributed by atoms with Gasteiger partial charge >= 0.3 is 0 Å². The van der Waals surface area contributed by atoms with E-state index in [1.165, 1.54) is 4.91 Å². The predicted molar refractivity (Wildman–Crippen MR) is 65.5 cm³/mol. The van der Waals surface area contributed by atoms with Gasteiger partial charge < -0.3 is 4.74 Å². The van der Waals surface area contributed by atoms with Gasteiger partial charge in [0, 0.05) is 21.8 Å². The smallest absolute Gasteiger partial charge is 0.146 e. The lowest BCUT2D eigenvalue weighted by Gasteiger charge is -2.25. The first-order valence-corrected chi connectivity index (χ1v) is 6.11. The van der Waals surface area contributed by atoms with E-state index in [4.69, 9.17) is 4.74 Å². The molecule has 0 saturated carbocycles. The fourth-order valence-electron chi connectivity index (χ4n) is 1.93. The van der Waals surface area contributed by atoms with Crippen LogP contribution >= 0.6 is 11.8 Å². The average molecular weight is 230 g/mol. The third-order valence-electron chi connectivity index (χ3n) is 2.73. The fraction of sp³-hybridized carbons (Fsp3) is 0.154. The normalized spacial score (nSPS) is 18.1. The van der Waals surface area contributed by atoms with E-state index in [-0.39, 0.29) is 0 Å². The molecule has 16 heavy (non-hydrogen) atoms. The van der Waals surface area contributed by atoms with Crippen molar-refractivity contribution >= 4 is 23.6 Å². The van der Waals surface area contributed by atoms with Crippen LogP contribution in [-0.2, 0) is 4.79 Å². The Morgan fingerprint density at radius 1 is 1.31 bits per heavy atom. The second-order valence-electron chi connectivity index (χ2n) is 3.75. The van der Waals surface area contributed by atoms with Gasteiger partial charge in [-0.3, -0.25) is 4.79 Å². The molecule has 2 nitrogen and oxygen atoms in total. The van der Waals surface area contributed by atoms with E-state index < -0.39 is 0 Å². The molecule has 0 N–H and O–H groups in total. The van der Waals surface area contributed by atoms with Gasteiger partial charge in [-0.05, 0) is 17.7 Å². The van der Waals surface area contributed by atoms with Crippen LogP contribution in [0.3, 0.4) is 0 Å². The number of rotatable bonds is 1. The van der Waals surface area contributed by atoms with Crippen LogP contribution in [0.1, 0.15) is 5.56 Å². The zero-order valence-corrected chi connectivity index (χ0v) is 9.42. The largest absolute Gasteiger partial charge is 0.488 e.